The van der Waals surface area contributed by atoms with Crippen LogP contribution in [0.2, 0.25) is 5.02 Å². The second kappa shape index (κ2) is 6.01. The van der Waals surface area contributed by atoms with Gasteiger partial charge in [-0.3, -0.25) is 0 Å². The molecular formula is C18H17ClFNO. The zero-order valence-corrected chi connectivity index (χ0v) is 13.3. The average molecular weight is 318 g/mol. The molecule has 0 amide bonds. The van der Waals surface area contributed by atoms with E-state index in [0.717, 1.165) is 21.5 Å². The molecule has 0 saturated carbocycles. The lowest BCUT2D eigenvalue weighted by atomic mass is 10.1. The van der Waals surface area contributed by atoms with Crippen LogP contribution in [0.1, 0.15) is 25.5 Å². The molecule has 4 heteroatoms. The highest BCUT2D eigenvalue weighted by atomic mass is 35.5. The molecule has 2 aromatic carbocycles. The van der Waals surface area contributed by atoms with Gasteiger partial charge in [0.25, 0.3) is 0 Å². The summed E-state index contributed by atoms with van der Waals surface area (Å²) in [7, 11) is 0. The lowest BCUT2D eigenvalue weighted by Gasteiger charge is -2.10. The third kappa shape index (κ3) is 2.95. The third-order valence-electron chi connectivity index (χ3n) is 3.61. The van der Waals surface area contributed by atoms with E-state index in [1.54, 1.807) is 12.1 Å². The standard InChI is InChI=1S/C18H17ClFNO/c1-12(2)21-10-17(19)16-8-13(6-7-18(16)21)11-22-15-5-3-4-14(20)9-15/h3-10,12H,11H2,1-2H3. The Kier molecular flexibility index (Phi) is 4.08. The number of aromatic nitrogens is 1. The Hall–Kier alpha value is -2.00. The zero-order valence-electron chi connectivity index (χ0n) is 12.5. The number of ether oxygens (including phenoxy) is 1. The van der Waals surface area contributed by atoms with Crippen LogP contribution in [0, 0.1) is 5.82 Å². The molecule has 0 aliphatic rings. The van der Waals surface area contributed by atoms with Crippen molar-refractivity contribution in [3.8, 4) is 5.75 Å². The highest BCUT2D eigenvalue weighted by molar-refractivity contribution is 6.35. The average Bonchev–Trinajstić information content (AvgIpc) is 2.82. The van der Waals surface area contributed by atoms with E-state index in [2.05, 4.69) is 18.4 Å². The molecule has 0 atom stereocenters. The molecule has 0 saturated heterocycles. The van der Waals surface area contributed by atoms with E-state index < -0.39 is 0 Å². The van der Waals surface area contributed by atoms with Crippen LogP contribution in [0.25, 0.3) is 10.9 Å². The first-order chi connectivity index (χ1) is 10.5. The van der Waals surface area contributed by atoms with E-state index in [1.165, 1.54) is 12.1 Å². The minimum absolute atomic E-state index is 0.301. The monoisotopic (exact) mass is 317 g/mol. The first kappa shape index (κ1) is 14.9. The fraction of sp³-hybridized carbons (Fsp3) is 0.222. The van der Waals surface area contributed by atoms with Gasteiger partial charge in [-0.05, 0) is 43.7 Å². The molecule has 22 heavy (non-hydrogen) atoms. The van der Waals surface area contributed by atoms with Gasteiger partial charge in [0.1, 0.15) is 18.2 Å². The van der Waals surface area contributed by atoms with Gasteiger partial charge in [-0.15, -0.1) is 0 Å². The van der Waals surface area contributed by atoms with E-state index >= 15 is 0 Å². The Labute approximate surface area is 134 Å². The molecular weight excluding hydrogens is 301 g/mol. The van der Waals surface area contributed by atoms with Gasteiger partial charge in [-0.2, -0.15) is 0 Å². The van der Waals surface area contributed by atoms with Crippen molar-refractivity contribution in [3.63, 3.8) is 0 Å². The fourth-order valence-corrected chi connectivity index (χ4v) is 2.76. The topological polar surface area (TPSA) is 14.2 Å². The highest BCUT2D eigenvalue weighted by Gasteiger charge is 2.10. The Balaban J connectivity index is 1.85. The van der Waals surface area contributed by atoms with Crippen molar-refractivity contribution in [2.45, 2.75) is 26.5 Å². The normalized spacial score (nSPS) is 11.3. The second-order valence-corrected chi connectivity index (χ2v) is 5.98. The summed E-state index contributed by atoms with van der Waals surface area (Å²) in [5.74, 6) is 0.218. The number of benzene rings is 2. The Morgan fingerprint density at radius 2 is 2.00 bits per heavy atom. The summed E-state index contributed by atoms with van der Waals surface area (Å²) in [6, 6.07) is 12.6. The summed E-state index contributed by atoms with van der Waals surface area (Å²) in [5, 5.41) is 1.74. The summed E-state index contributed by atoms with van der Waals surface area (Å²) in [6.07, 6.45) is 1.95. The molecule has 3 rings (SSSR count). The van der Waals surface area contributed by atoms with Crippen molar-refractivity contribution in [3.05, 3.63) is 65.1 Å². The first-order valence-electron chi connectivity index (χ1n) is 7.22. The molecule has 2 nitrogen and oxygen atoms in total. The van der Waals surface area contributed by atoms with Crippen LogP contribution in [0.3, 0.4) is 0 Å². The lowest BCUT2D eigenvalue weighted by molar-refractivity contribution is 0.305. The van der Waals surface area contributed by atoms with E-state index in [4.69, 9.17) is 16.3 Å². The molecule has 1 heterocycles. The van der Waals surface area contributed by atoms with Gasteiger partial charge in [-0.1, -0.05) is 23.7 Å². The molecule has 0 unspecified atom stereocenters. The number of hydrogen-bond donors (Lipinski definition) is 0. The Morgan fingerprint density at radius 1 is 1.18 bits per heavy atom. The largest absolute Gasteiger partial charge is 0.489 e. The minimum Gasteiger partial charge on any atom is -0.489 e. The molecule has 0 fully saturated rings. The molecule has 1 aromatic heterocycles. The zero-order chi connectivity index (χ0) is 15.7. The fourth-order valence-electron chi connectivity index (χ4n) is 2.50. The summed E-state index contributed by atoms with van der Waals surface area (Å²) >= 11 is 6.32. The number of nitrogens with zero attached hydrogens (tertiary/aromatic N) is 1. The van der Waals surface area contributed by atoms with E-state index in [1.807, 2.05) is 24.4 Å². The third-order valence-corrected chi connectivity index (χ3v) is 3.91. The van der Waals surface area contributed by atoms with Gasteiger partial charge in [-0.25, -0.2) is 4.39 Å². The molecule has 0 spiro atoms. The van der Waals surface area contributed by atoms with Crippen LogP contribution in [-0.2, 0) is 6.61 Å². The number of fused-ring (bicyclic) bond motifs is 1. The molecule has 0 aliphatic carbocycles. The number of hydrogen-bond acceptors (Lipinski definition) is 1. The van der Waals surface area contributed by atoms with Crippen LogP contribution in [0.15, 0.2) is 48.7 Å². The highest BCUT2D eigenvalue weighted by Crippen LogP contribution is 2.29. The van der Waals surface area contributed by atoms with Gasteiger partial charge in [0.05, 0.1) is 5.02 Å². The SMILES string of the molecule is CC(C)n1cc(Cl)c2cc(COc3cccc(F)c3)ccc21. The van der Waals surface area contributed by atoms with Crippen LogP contribution in [0.4, 0.5) is 4.39 Å². The smallest absolute Gasteiger partial charge is 0.126 e. The van der Waals surface area contributed by atoms with Crippen molar-refractivity contribution in [1.82, 2.24) is 4.57 Å². The Morgan fingerprint density at radius 3 is 2.73 bits per heavy atom. The molecule has 114 valence electrons. The van der Waals surface area contributed by atoms with Crippen LogP contribution in [-0.4, -0.2) is 4.57 Å². The molecule has 0 N–H and O–H groups in total. The van der Waals surface area contributed by atoms with Gasteiger partial charge in [0, 0.05) is 29.2 Å². The van der Waals surface area contributed by atoms with E-state index in [0.29, 0.717) is 18.4 Å². The van der Waals surface area contributed by atoms with Gasteiger partial charge in [0.15, 0.2) is 0 Å². The van der Waals surface area contributed by atoms with Crippen LogP contribution in [0.5, 0.6) is 5.75 Å². The van der Waals surface area contributed by atoms with Crippen LogP contribution >= 0.6 is 11.6 Å². The van der Waals surface area contributed by atoms with Crippen LogP contribution < -0.4 is 4.74 Å². The number of halogens is 2. The van der Waals surface area contributed by atoms with Crippen molar-refractivity contribution >= 4 is 22.5 Å². The van der Waals surface area contributed by atoms with Crippen molar-refractivity contribution in [2.75, 3.05) is 0 Å². The molecule has 0 radical (unpaired) electrons. The maximum Gasteiger partial charge on any atom is 0.126 e. The van der Waals surface area contributed by atoms with E-state index in [9.17, 15) is 4.39 Å². The summed E-state index contributed by atoms with van der Waals surface area (Å²) in [5.41, 5.74) is 2.11. The van der Waals surface area contributed by atoms with Gasteiger partial charge < -0.3 is 9.30 Å². The van der Waals surface area contributed by atoms with Crippen molar-refractivity contribution in [1.29, 1.82) is 0 Å². The van der Waals surface area contributed by atoms with Gasteiger partial charge >= 0.3 is 0 Å². The summed E-state index contributed by atoms with van der Waals surface area (Å²) in [6.45, 7) is 4.62. The van der Waals surface area contributed by atoms with Gasteiger partial charge in [0.2, 0.25) is 0 Å². The Bertz CT molecular complexity index is 810. The van der Waals surface area contributed by atoms with E-state index in [-0.39, 0.29) is 5.82 Å². The predicted molar refractivity (Wildman–Crippen MR) is 88.1 cm³/mol. The second-order valence-electron chi connectivity index (χ2n) is 5.58. The molecule has 0 bridgehead atoms. The summed E-state index contributed by atoms with van der Waals surface area (Å²) < 4.78 is 20.9. The maximum absolute atomic E-state index is 13.1. The van der Waals surface area contributed by atoms with Crippen molar-refractivity contribution in [2.24, 2.45) is 0 Å². The first-order valence-corrected chi connectivity index (χ1v) is 7.60. The number of rotatable bonds is 4. The maximum atomic E-state index is 13.1. The van der Waals surface area contributed by atoms with Crippen molar-refractivity contribution < 1.29 is 9.13 Å². The quantitative estimate of drug-likeness (QED) is 0.611. The lowest BCUT2D eigenvalue weighted by Crippen LogP contribution is -1.99. The minimum atomic E-state index is -0.301. The molecule has 3 aromatic rings. The predicted octanol–water partition coefficient (Wildman–Crippen LogP) is 5.59. The molecule has 0 aliphatic heterocycles. The summed E-state index contributed by atoms with van der Waals surface area (Å²) in [4.78, 5) is 0.